The Labute approximate surface area is 157 Å². The van der Waals surface area contributed by atoms with Gasteiger partial charge in [0.1, 0.15) is 5.82 Å². The van der Waals surface area contributed by atoms with Crippen LogP contribution in [0.1, 0.15) is 33.8 Å². The lowest BCUT2D eigenvalue weighted by Crippen LogP contribution is -2.31. The zero-order chi connectivity index (χ0) is 19.0. The van der Waals surface area contributed by atoms with Gasteiger partial charge in [0.2, 0.25) is 5.91 Å². The molecular weight excluding hydrogens is 345 g/mol. The molecule has 0 spiro atoms. The molecule has 2 aliphatic heterocycles. The Hall–Kier alpha value is -2.73. The number of anilines is 1. The standard InChI is InChI=1S/C21H22FN3O2/c22-18-9-19-14(6-7-20(26)24-19)8-16(18)21(27)25-11-15(10-23)17(12-25)13-4-2-1-3-5-13/h1-5,8-9,15,17H,6-7,10-12,23H2,(H,24,26)/t15-,17+/m1/s1. The molecule has 1 fully saturated rings. The Kier molecular flexibility index (Phi) is 4.66. The van der Waals surface area contributed by atoms with Crippen LogP contribution in [0, 0.1) is 11.7 Å². The molecule has 27 heavy (non-hydrogen) atoms. The third-order valence-electron chi connectivity index (χ3n) is 5.58. The first-order chi connectivity index (χ1) is 13.1. The highest BCUT2D eigenvalue weighted by atomic mass is 19.1. The summed E-state index contributed by atoms with van der Waals surface area (Å²) in [4.78, 5) is 26.2. The maximum absolute atomic E-state index is 14.6. The monoisotopic (exact) mass is 367 g/mol. The molecule has 0 bridgehead atoms. The molecule has 2 heterocycles. The number of halogens is 1. The van der Waals surface area contributed by atoms with Crippen LogP contribution in [0.15, 0.2) is 42.5 Å². The van der Waals surface area contributed by atoms with Crippen molar-refractivity contribution >= 4 is 17.5 Å². The van der Waals surface area contributed by atoms with Crippen LogP contribution >= 0.6 is 0 Å². The molecule has 6 heteroatoms. The second-order valence-electron chi connectivity index (χ2n) is 7.26. The van der Waals surface area contributed by atoms with E-state index in [2.05, 4.69) is 5.32 Å². The lowest BCUT2D eigenvalue weighted by atomic mass is 9.89. The highest BCUT2D eigenvalue weighted by molar-refractivity contribution is 5.98. The van der Waals surface area contributed by atoms with Gasteiger partial charge < -0.3 is 16.0 Å². The van der Waals surface area contributed by atoms with E-state index in [1.54, 1.807) is 11.0 Å². The van der Waals surface area contributed by atoms with Crippen molar-refractivity contribution in [1.82, 2.24) is 4.90 Å². The van der Waals surface area contributed by atoms with Crippen LogP contribution in [0.2, 0.25) is 0 Å². The minimum atomic E-state index is -0.603. The molecule has 0 radical (unpaired) electrons. The predicted molar refractivity (Wildman–Crippen MR) is 101 cm³/mol. The number of likely N-dealkylation sites (tertiary alicyclic amines) is 1. The third kappa shape index (κ3) is 3.32. The Balaban J connectivity index is 1.59. The second kappa shape index (κ2) is 7.12. The van der Waals surface area contributed by atoms with Gasteiger partial charge in [-0.1, -0.05) is 30.3 Å². The number of carbonyl (C=O) groups is 2. The Bertz CT molecular complexity index is 884. The number of nitrogens with one attached hydrogen (secondary N) is 1. The van der Waals surface area contributed by atoms with Crippen molar-refractivity contribution < 1.29 is 14.0 Å². The number of nitrogens with two attached hydrogens (primary N) is 1. The predicted octanol–water partition coefficient (Wildman–Crippen LogP) is 2.52. The summed E-state index contributed by atoms with van der Waals surface area (Å²) in [6, 6.07) is 12.8. The van der Waals surface area contributed by atoms with Gasteiger partial charge in [-0.15, -0.1) is 0 Å². The molecule has 0 saturated carbocycles. The van der Waals surface area contributed by atoms with Crippen LogP contribution in [0.25, 0.3) is 0 Å². The zero-order valence-electron chi connectivity index (χ0n) is 15.0. The fourth-order valence-electron chi connectivity index (χ4n) is 4.09. The quantitative estimate of drug-likeness (QED) is 0.875. The molecule has 0 unspecified atom stereocenters. The van der Waals surface area contributed by atoms with E-state index in [-0.39, 0.29) is 29.2 Å². The van der Waals surface area contributed by atoms with Crippen molar-refractivity contribution in [1.29, 1.82) is 0 Å². The lowest BCUT2D eigenvalue weighted by Gasteiger charge is -2.21. The SMILES string of the molecule is NC[C@@H]1CN(C(=O)c2cc3c(cc2F)NC(=O)CC3)C[C@H]1c1ccccc1. The Morgan fingerprint density at radius 3 is 2.70 bits per heavy atom. The smallest absolute Gasteiger partial charge is 0.256 e. The number of hydrogen-bond acceptors (Lipinski definition) is 3. The molecule has 140 valence electrons. The summed E-state index contributed by atoms with van der Waals surface area (Å²) in [6.07, 6.45) is 0.862. The second-order valence-corrected chi connectivity index (χ2v) is 7.26. The summed E-state index contributed by atoms with van der Waals surface area (Å²) < 4.78 is 14.6. The minimum absolute atomic E-state index is 0.0642. The molecule has 5 nitrogen and oxygen atoms in total. The topological polar surface area (TPSA) is 75.4 Å². The first-order valence-corrected chi connectivity index (χ1v) is 9.23. The molecule has 0 aliphatic carbocycles. The van der Waals surface area contributed by atoms with Crippen molar-refractivity contribution in [3.8, 4) is 0 Å². The number of aryl methyl sites for hydroxylation is 1. The summed E-state index contributed by atoms with van der Waals surface area (Å²) in [5.74, 6) is -0.744. The van der Waals surface area contributed by atoms with Gasteiger partial charge in [0, 0.05) is 31.1 Å². The summed E-state index contributed by atoms with van der Waals surface area (Å²) >= 11 is 0. The summed E-state index contributed by atoms with van der Waals surface area (Å²) in [5, 5.41) is 2.66. The first kappa shape index (κ1) is 17.7. The van der Waals surface area contributed by atoms with E-state index in [9.17, 15) is 14.0 Å². The summed E-state index contributed by atoms with van der Waals surface area (Å²) in [5.41, 5.74) is 8.42. The molecule has 0 aromatic heterocycles. The van der Waals surface area contributed by atoms with Gasteiger partial charge in [-0.05, 0) is 42.1 Å². The molecule has 2 aliphatic rings. The summed E-state index contributed by atoms with van der Waals surface area (Å²) in [6.45, 7) is 1.52. The van der Waals surface area contributed by atoms with Crippen LogP contribution in [0.3, 0.4) is 0 Å². The molecule has 2 aromatic rings. The van der Waals surface area contributed by atoms with Crippen molar-refractivity contribution in [3.05, 3.63) is 65.0 Å². The van der Waals surface area contributed by atoms with E-state index in [1.165, 1.54) is 6.07 Å². The van der Waals surface area contributed by atoms with E-state index in [0.29, 0.717) is 38.2 Å². The van der Waals surface area contributed by atoms with Gasteiger partial charge in [0.15, 0.2) is 0 Å². The van der Waals surface area contributed by atoms with Gasteiger partial charge in [0.25, 0.3) is 5.91 Å². The molecule has 2 aromatic carbocycles. The third-order valence-corrected chi connectivity index (χ3v) is 5.58. The normalized spacial score (nSPS) is 21.7. The number of carbonyl (C=O) groups excluding carboxylic acids is 2. The Morgan fingerprint density at radius 1 is 1.19 bits per heavy atom. The number of hydrogen-bond donors (Lipinski definition) is 2. The molecule has 1 saturated heterocycles. The maximum Gasteiger partial charge on any atom is 0.256 e. The lowest BCUT2D eigenvalue weighted by molar-refractivity contribution is -0.116. The Morgan fingerprint density at radius 2 is 1.96 bits per heavy atom. The van der Waals surface area contributed by atoms with Gasteiger partial charge >= 0.3 is 0 Å². The average molecular weight is 367 g/mol. The van der Waals surface area contributed by atoms with E-state index in [0.717, 1.165) is 11.1 Å². The fourth-order valence-corrected chi connectivity index (χ4v) is 4.09. The van der Waals surface area contributed by atoms with Crippen LogP contribution < -0.4 is 11.1 Å². The van der Waals surface area contributed by atoms with Gasteiger partial charge in [0.05, 0.1) is 5.56 Å². The van der Waals surface area contributed by atoms with Crippen molar-refractivity contribution in [3.63, 3.8) is 0 Å². The highest BCUT2D eigenvalue weighted by Gasteiger charge is 2.36. The van der Waals surface area contributed by atoms with Gasteiger partial charge in [-0.2, -0.15) is 0 Å². The maximum atomic E-state index is 14.6. The number of benzene rings is 2. The van der Waals surface area contributed by atoms with Crippen LogP contribution in [0.4, 0.5) is 10.1 Å². The van der Waals surface area contributed by atoms with Crippen LogP contribution in [0.5, 0.6) is 0 Å². The highest BCUT2D eigenvalue weighted by Crippen LogP contribution is 2.34. The van der Waals surface area contributed by atoms with Crippen LogP contribution in [-0.4, -0.2) is 36.3 Å². The van der Waals surface area contributed by atoms with Gasteiger partial charge in [-0.25, -0.2) is 4.39 Å². The van der Waals surface area contributed by atoms with E-state index in [4.69, 9.17) is 5.73 Å². The summed E-state index contributed by atoms with van der Waals surface area (Å²) in [7, 11) is 0. The van der Waals surface area contributed by atoms with E-state index in [1.807, 2.05) is 30.3 Å². The van der Waals surface area contributed by atoms with Gasteiger partial charge in [-0.3, -0.25) is 9.59 Å². The molecule has 3 N–H and O–H groups in total. The molecule has 2 amide bonds. The zero-order valence-corrected chi connectivity index (χ0v) is 15.0. The van der Waals surface area contributed by atoms with Crippen LogP contribution in [-0.2, 0) is 11.2 Å². The number of nitrogens with zero attached hydrogens (tertiary/aromatic N) is 1. The van der Waals surface area contributed by atoms with Crippen molar-refractivity contribution in [2.75, 3.05) is 25.0 Å². The largest absolute Gasteiger partial charge is 0.338 e. The van der Waals surface area contributed by atoms with Crippen molar-refractivity contribution in [2.45, 2.75) is 18.8 Å². The number of fused-ring (bicyclic) bond motifs is 1. The molecule has 4 rings (SSSR count). The number of amides is 2. The fraction of sp³-hybridized carbons (Fsp3) is 0.333. The number of rotatable bonds is 3. The minimum Gasteiger partial charge on any atom is -0.338 e. The molecular formula is C21H22FN3O2. The van der Waals surface area contributed by atoms with Crippen molar-refractivity contribution in [2.24, 2.45) is 11.7 Å². The average Bonchev–Trinajstić information content (AvgIpc) is 3.12. The first-order valence-electron chi connectivity index (χ1n) is 9.23. The molecule has 2 atom stereocenters. The van der Waals surface area contributed by atoms with E-state index >= 15 is 0 Å². The van der Waals surface area contributed by atoms with E-state index < -0.39 is 5.82 Å².